The Morgan fingerprint density at radius 1 is 1.29 bits per heavy atom. The van der Waals surface area contributed by atoms with E-state index in [0.29, 0.717) is 0 Å². The summed E-state index contributed by atoms with van der Waals surface area (Å²) in [6, 6.07) is 4.32. The molecule has 2 amide bonds. The lowest BCUT2D eigenvalue weighted by molar-refractivity contribution is -0.130. The van der Waals surface area contributed by atoms with Gasteiger partial charge in [-0.05, 0) is 31.0 Å². The molecule has 3 atom stereocenters. The first-order valence-electron chi connectivity index (χ1n) is 7.46. The molecular weight excluding hydrogens is 330 g/mol. The number of ketones is 1. The third kappa shape index (κ3) is 6.21. The van der Waals surface area contributed by atoms with Gasteiger partial charge in [-0.1, -0.05) is 12.1 Å². The number of nitrogens with two attached hydrogens (primary N) is 1. The highest BCUT2D eigenvalue weighted by Crippen LogP contribution is 2.11. The molecule has 0 aliphatic carbocycles. The number of carbonyl (C=O) groups is 3. The summed E-state index contributed by atoms with van der Waals surface area (Å²) in [6.07, 6.45) is 0.0640. The predicted molar refractivity (Wildman–Crippen MR) is 92.5 cm³/mol. The van der Waals surface area contributed by atoms with Crippen LogP contribution < -0.4 is 16.8 Å². The number of phenols is 1. The Hall–Kier alpha value is -2.06. The molecule has 1 radical (unpaired) electrons. The van der Waals surface area contributed by atoms with Gasteiger partial charge in [0.25, 0.3) is 0 Å². The molecule has 0 aromatic heterocycles. The summed E-state index contributed by atoms with van der Waals surface area (Å²) < 4.78 is 0. The molecule has 0 spiro atoms. The van der Waals surface area contributed by atoms with Crippen molar-refractivity contribution < 1.29 is 19.5 Å². The molecule has 1 aromatic rings. The number of benzene rings is 1. The predicted octanol–water partition coefficient (Wildman–Crippen LogP) is 0.0814. The average Bonchev–Trinajstić information content (AvgIpc) is 2.53. The highest BCUT2D eigenvalue weighted by molar-refractivity contribution is 7.80. The minimum atomic E-state index is -1.08. The van der Waals surface area contributed by atoms with Gasteiger partial charge < -0.3 is 16.2 Å². The number of rotatable bonds is 9. The van der Waals surface area contributed by atoms with Crippen molar-refractivity contribution in [2.24, 2.45) is 11.7 Å². The standard InChI is InChI=1S/C16H22N3O4S/c1-9(14(21)7-11(8-24)15(18)22)19-16(23)13(17)6-10-2-4-12(20)5-3-10/h2-5,9,11,13,17,20,24H,6-8H2,1H3,(H2,18,22)(H,19,23)/t9-,11+,13+/m1/s1. The summed E-state index contributed by atoms with van der Waals surface area (Å²) in [6.45, 7) is 1.50. The number of primary amides is 1. The van der Waals surface area contributed by atoms with Crippen LogP contribution in [0.15, 0.2) is 24.3 Å². The molecule has 5 N–H and O–H groups in total. The second kappa shape index (κ2) is 9.29. The van der Waals surface area contributed by atoms with E-state index >= 15 is 0 Å². The van der Waals surface area contributed by atoms with Crippen molar-refractivity contribution in [2.45, 2.75) is 31.8 Å². The van der Waals surface area contributed by atoms with Gasteiger partial charge in [0.1, 0.15) is 11.8 Å². The zero-order valence-corrected chi connectivity index (χ0v) is 14.3. The van der Waals surface area contributed by atoms with Crippen LogP contribution in [0.4, 0.5) is 0 Å². The van der Waals surface area contributed by atoms with Gasteiger partial charge in [-0.3, -0.25) is 14.4 Å². The van der Waals surface area contributed by atoms with Gasteiger partial charge >= 0.3 is 0 Å². The Bertz CT molecular complexity index is 591. The number of hydrogen-bond acceptors (Lipinski definition) is 5. The summed E-state index contributed by atoms with van der Waals surface area (Å²) in [4.78, 5) is 35.2. The lowest BCUT2D eigenvalue weighted by Crippen LogP contribution is -2.46. The number of nitrogens with one attached hydrogen (secondary N) is 2. The number of amides is 2. The van der Waals surface area contributed by atoms with E-state index in [1.807, 2.05) is 0 Å². The van der Waals surface area contributed by atoms with Gasteiger partial charge in [0.2, 0.25) is 11.8 Å². The van der Waals surface area contributed by atoms with Crippen molar-refractivity contribution in [2.75, 3.05) is 5.75 Å². The fourth-order valence-electron chi connectivity index (χ4n) is 2.03. The van der Waals surface area contributed by atoms with E-state index < -0.39 is 29.8 Å². The molecule has 0 bridgehead atoms. The van der Waals surface area contributed by atoms with Gasteiger partial charge in [-0.15, -0.1) is 0 Å². The maximum Gasteiger partial charge on any atom is 0.239 e. The maximum absolute atomic E-state index is 12.0. The Kier molecular flexibility index (Phi) is 7.73. The number of thiol groups is 1. The molecule has 7 nitrogen and oxygen atoms in total. The maximum atomic E-state index is 12.0. The Labute approximate surface area is 146 Å². The molecule has 24 heavy (non-hydrogen) atoms. The van der Waals surface area contributed by atoms with Gasteiger partial charge in [0, 0.05) is 12.2 Å². The van der Waals surface area contributed by atoms with Gasteiger partial charge in [-0.25, -0.2) is 5.73 Å². The third-order valence-corrected chi connectivity index (χ3v) is 4.05. The zero-order chi connectivity index (χ0) is 18.3. The van der Waals surface area contributed by atoms with E-state index in [1.54, 1.807) is 12.1 Å². The Morgan fingerprint density at radius 2 is 1.88 bits per heavy atom. The van der Waals surface area contributed by atoms with E-state index in [2.05, 4.69) is 17.9 Å². The van der Waals surface area contributed by atoms with Crippen molar-refractivity contribution >= 4 is 30.2 Å². The van der Waals surface area contributed by atoms with Crippen LogP contribution in [0.2, 0.25) is 0 Å². The molecule has 0 unspecified atom stereocenters. The van der Waals surface area contributed by atoms with Crippen molar-refractivity contribution in [3.05, 3.63) is 29.8 Å². The van der Waals surface area contributed by atoms with Crippen LogP contribution in [0.1, 0.15) is 18.9 Å². The molecule has 0 aliphatic heterocycles. The van der Waals surface area contributed by atoms with E-state index in [1.165, 1.54) is 19.1 Å². The lowest BCUT2D eigenvalue weighted by Gasteiger charge is -2.18. The molecule has 0 heterocycles. The van der Waals surface area contributed by atoms with Crippen LogP contribution in [0.25, 0.3) is 0 Å². The van der Waals surface area contributed by atoms with Crippen LogP contribution in [0.3, 0.4) is 0 Å². The van der Waals surface area contributed by atoms with Crippen LogP contribution in [-0.4, -0.2) is 40.5 Å². The number of phenolic OH excluding ortho intramolecular Hbond substituents is 1. The fraction of sp³-hybridized carbons (Fsp3) is 0.438. The normalized spacial score (nSPS) is 14.5. The second-order valence-electron chi connectivity index (χ2n) is 5.61. The van der Waals surface area contributed by atoms with Gasteiger partial charge in [-0.2, -0.15) is 12.6 Å². The molecule has 0 saturated carbocycles. The molecule has 0 aliphatic rings. The third-order valence-electron chi connectivity index (χ3n) is 3.60. The van der Waals surface area contributed by atoms with Crippen molar-refractivity contribution in [3.8, 4) is 5.75 Å². The monoisotopic (exact) mass is 352 g/mol. The van der Waals surface area contributed by atoms with E-state index in [4.69, 9.17) is 11.5 Å². The van der Waals surface area contributed by atoms with E-state index in [9.17, 15) is 19.5 Å². The molecular formula is C16H22N3O4S. The molecule has 1 rings (SSSR count). The molecule has 8 heteroatoms. The van der Waals surface area contributed by atoms with Gasteiger partial charge in [0.15, 0.2) is 5.78 Å². The summed E-state index contributed by atoms with van der Waals surface area (Å²) in [5, 5.41) is 11.7. The summed E-state index contributed by atoms with van der Waals surface area (Å²) in [7, 11) is 0. The average molecular weight is 352 g/mol. The highest BCUT2D eigenvalue weighted by atomic mass is 32.1. The van der Waals surface area contributed by atoms with Crippen LogP contribution in [0.5, 0.6) is 5.75 Å². The quantitative estimate of drug-likeness (QED) is 0.468. The summed E-state index contributed by atoms with van der Waals surface area (Å²) >= 11 is 3.98. The SMILES string of the molecule is C[C@@H](NC(=O)[C@@H]([NH])Cc1ccc(O)cc1)C(=O)C[C@@H](CS)C(N)=O. The van der Waals surface area contributed by atoms with Crippen molar-refractivity contribution in [3.63, 3.8) is 0 Å². The Morgan fingerprint density at radius 3 is 2.38 bits per heavy atom. The first kappa shape index (κ1) is 20.0. The van der Waals surface area contributed by atoms with E-state index in [0.717, 1.165) is 5.56 Å². The molecule has 131 valence electrons. The lowest BCUT2D eigenvalue weighted by atomic mass is 9.99. The van der Waals surface area contributed by atoms with Crippen LogP contribution >= 0.6 is 12.6 Å². The highest BCUT2D eigenvalue weighted by Gasteiger charge is 2.24. The Balaban J connectivity index is 2.54. The van der Waals surface area contributed by atoms with Crippen LogP contribution in [-0.2, 0) is 20.8 Å². The molecule has 1 aromatic carbocycles. The van der Waals surface area contributed by atoms with E-state index in [-0.39, 0.29) is 30.1 Å². The number of hydrogen-bond donors (Lipinski definition) is 4. The fourth-order valence-corrected chi connectivity index (χ4v) is 2.34. The summed E-state index contributed by atoms with van der Waals surface area (Å²) in [5.41, 5.74) is 13.8. The minimum Gasteiger partial charge on any atom is -0.508 e. The molecule has 0 saturated heterocycles. The minimum absolute atomic E-state index is 0.0963. The van der Waals surface area contributed by atoms with Crippen LogP contribution in [0, 0.1) is 5.92 Å². The first-order valence-corrected chi connectivity index (χ1v) is 8.10. The van der Waals surface area contributed by atoms with Crippen molar-refractivity contribution in [1.82, 2.24) is 11.1 Å². The smallest absolute Gasteiger partial charge is 0.239 e. The topological polar surface area (TPSA) is 133 Å². The van der Waals surface area contributed by atoms with Crippen molar-refractivity contribution in [1.29, 1.82) is 0 Å². The first-order chi connectivity index (χ1) is 11.2. The van der Waals surface area contributed by atoms with Gasteiger partial charge in [0.05, 0.1) is 12.0 Å². The second-order valence-corrected chi connectivity index (χ2v) is 5.97. The zero-order valence-electron chi connectivity index (χ0n) is 13.4. The number of aromatic hydroxyl groups is 1. The molecule has 0 fully saturated rings. The largest absolute Gasteiger partial charge is 0.508 e. The number of carbonyl (C=O) groups excluding carboxylic acids is 3. The number of Topliss-reactive ketones (excluding diaryl/α,β-unsaturated/α-hetero) is 1. The summed E-state index contributed by atoms with van der Waals surface area (Å²) in [5.74, 6) is -1.93.